The van der Waals surface area contributed by atoms with Crippen LogP contribution in [0.3, 0.4) is 0 Å². The first-order valence-electron chi connectivity index (χ1n) is 15.7. The quantitative estimate of drug-likeness (QED) is 0.220. The van der Waals surface area contributed by atoms with E-state index in [0.717, 1.165) is 37.9 Å². The zero-order valence-corrected chi connectivity index (χ0v) is 27.6. The van der Waals surface area contributed by atoms with Crippen LogP contribution in [0, 0.1) is 11.3 Å². The average Bonchev–Trinajstić information content (AvgIpc) is 3.01. The first-order valence-corrected chi connectivity index (χ1v) is 17.2. The zero-order chi connectivity index (χ0) is 31.0. The summed E-state index contributed by atoms with van der Waals surface area (Å²) in [6.07, 6.45) is 8.65. The minimum Gasteiger partial charge on any atom is -0.488 e. The lowest BCUT2D eigenvalue weighted by atomic mass is 9.54. The molecule has 228 valence electrons. The topological polar surface area (TPSA) is 52.6 Å². The van der Waals surface area contributed by atoms with E-state index in [0.29, 0.717) is 32.6 Å². The van der Waals surface area contributed by atoms with E-state index < -0.39 is 9.84 Å². The van der Waals surface area contributed by atoms with Crippen molar-refractivity contribution in [2.24, 2.45) is 11.3 Å². The molecule has 0 spiro atoms. The van der Waals surface area contributed by atoms with Crippen LogP contribution >= 0.6 is 0 Å². The summed E-state index contributed by atoms with van der Waals surface area (Å²) in [4.78, 5) is 0.716. The van der Waals surface area contributed by atoms with Crippen LogP contribution in [0.5, 0.6) is 17.2 Å². The molecule has 0 saturated heterocycles. The highest BCUT2D eigenvalue weighted by atomic mass is 32.2. The van der Waals surface area contributed by atoms with Crippen molar-refractivity contribution in [3.05, 3.63) is 107 Å². The van der Waals surface area contributed by atoms with Gasteiger partial charge in [-0.15, -0.1) is 0 Å². The third kappa shape index (κ3) is 6.06. The second kappa shape index (κ2) is 11.6. The number of hydrogen-bond donors (Lipinski definition) is 0. The van der Waals surface area contributed by atoms with E-state index in [-0.39, 0.29) is 11.0 Å². The lowest BCUT2D eigenvalue weighted by Crippen LogP contribution is -2.40. The molecule has 1 saturated carbocycles. The van der Waals surface area contributed by atoms with Gasteiger partial charge < -0.3 is 9.47 Å². The summed E-state index contributed by atoms with van der Waals surface area (Å²) in [5.74, 6) is 2.67. The van der Waals surface area contributed by atoms with Crippen molar-refractivity contribution >= 4 is 9.84 Å². The highest BCUT2D eigenvalue weighted by Gasteiger charge is 2.46. The lowest BCUT2D eigenvalue weighted by Gasteiger charge is -2.50. The molecule has 3 aromatic rings. The maximum absolute atomic E-state index is 13.4. The van der Waals surface area contributed by atoms with Crippen LogP contribution in [-0.2, 0) is 15.3 Å². The fourth-order valence-corrected chi connectivity index (χ4v) is 7.72. The van der Waals surface area contributed by atoms with Crippen molar-refractivity contribution in [2.45, 2.75) is 96.5 Å². The van der Waals surface area contributed by atoms with Crippen molar-refractivity contribution in [3.8, 4) is 17.2 Å². The predicted octanol–water partition coefficient (Wildman–Crippen LogP) is 10.2. The average molecular weight is 599 g/mol. The summed E-state index contributed by atoms with van der Waals surface area (Å²) in [6.45, 7) is 15.4. The van der Waals surface area contributed by atoms with Crippen LogP contribution < -0.4 is 9.47 Å². The third-order valence-corrected chi connectivity index (χ3v) is 12.1. The van der Waals surface area contributed by atoms with Crippen molar-refractivity contribution in [1.29, 1.82) is 0 Å². The molecule has 0 heterocycles. The molecule has 4 nitrogen and oxygen atoms in total. The van der Waals surface area contributed by atoms with Gasteiger partial charge in [0.05, 0.1) is 9.80 Å². The number of sulfone groups is 1. The Kier molecular flexibility index (Phi) is 8.43. The Bertz CT molecular complexity index is 1610. The van der Waals surface area contributed by atoms with Crippen LogP contribution in [0.2, 0.25) is 0 Å². The fourth-order valence-electron chi connectivity index (χ4n) is 6.33. The van der Waals surface area contributed by atoms with Crippen LogP contribution in [0.4, 0.5) is 0 Å². The summed E-state index contributed by atoms with van der Waals surface area (Å²) >= 11 is 0. The Hall–Kier alpha value is -3.31. The minimum atomic E-state index is -3.56. The molecular formula is C38H46O4S. The van der Waals surface area contributed by atoms with Crippen molar-refractivity contribution in [1.82, 2.24) is 0 Å². The third-order valence-electron chi connectivity index (χ3n) is 10.3. The Morgan fingerprint density at radius 3 is 1.79 bits per heavy atom. The van der Waals surface area contributed by atoms with Gasteiger partial charge in [0, 0.05) is 5.41 Å². The highest BCUT2D eigenvalue weighted by Crippen LogP contribution is 2.56. The second-order valence-corrected chi connectivity index (χ2v) is 15.3. The van der Waals surface area contributed by atoms with Crippen molar-refractivity contribution < 1.29 is 17.9 Å². The molecule has 0 bridgehead atoms. The van der Waals surface area contributed by atoms with Gasteiger partial charge in [-0.25, -0.2) is 8.42 Å². The largest absolute Gasteiger partial charge is 0.488 e. The monoisotopic (exact) mass is 598 g/mol. The summed E-state index contributed by atoms with van der Waals surface area (Å²) in [5, 5.41) is 0. The highest BCUT2D eigenvalue weighted by molar-refractivity contribution is 7.95. The number of hydrogen-bond acceptors (Lipinski definition) is 4. The minimum absolute atomic E-state index is 0.150. The SMILES string of the molecule is CCC(C)(CC)Oc1ccc(C(C)(C)c2ccc(Oc3ccc(S(=O)(=O)C4=CCC5C(=C4)CC5(C)CC)cc3)cc2)cc1. The van der Waals surface area contributed by atoms with E-state index in [9.17, 15) is 8.42 Å². The van der Waals surface area contributed by atoms with Gasteiger partial charge in [0.15, 0.2) is 0 Å². The van der Waals surface area contributed by atoms with E-state index in [2.05, 4.69) is 84.9 Å². The molecule has 1 fully saturated rings. The second-order valence-electron chi connectivity index (χ2n) is 13.3. The van der Waals surface area contributed by atoms with Crippen molar-refractivity contribution in [3.63, 3.8) is 0 Å². The number of ether oxygens (including phenoxy) is 2. The molecular weight excluding hydrogens is 552 g/mol. The Morgan fingerprint density at radius 2 is 1.30 bits per heavy atom. The standard InChI is InChI=1S/C38H46O4S/c1-8-37(6)26-27-25-34(23-24-35(27)37)43(39,40)33-21-19-31(20-22-33)41-30-15-11-28(12-16-30)36(4,5)29-13-17-32(18-14-29)42-38(7,9-2)10-3/h11-23,25,35H,8-10,24,26H2,1-7H3. The zero-order valence-electron chi connectivity index (χ0n) is 26.7. The molecule has 2 aliphatic rings. The number of allylic oxidation sites excluding steroid dienone is 3. The maximum Gasteiger partial charge on any atom is 0.206 e. The summed E-state index contributed by atoms with van der Waals surface area (Å²) in [6, 6.07) is 23.3. The molecule has 2 unspecified atom stereocenters. The molecule has 0 amide bonds. The molecule has 0 N–H and O–H groups in total. The molecule has 0 radical (unpaired) electrons. The fraction of sp³-hybridized carbons (Fsp3) is 0.421. The van der Waals surface area contributed by atoms with Gasteiger partial charge in [-0.1, -0.05) is 77.5 Å². The van der Waals surface area contributed by atoms with E-state index >= 15 is 0 Å². The Morgan fingerprint density at radius 1 is 0.791 bits per heavy atom. The van der Waals surface area contributed by atoms with E-state index in [1.54, 1.807) is 24.3 Å². The maximum atomic E-state index is 13.4. The van der Waals surface area contributed by atoms with Crippen LogP contribution in [-0.4, -0.2) is 14.0 Å². The summed E-state index contributed by atoms with van der Waals surface area (Å²) < 4.78 is 39.1. The number of rotatable bonds is 11. The van der Waals surface area contributed by atoms with E-state index in [1.165, 1.54) is 16.7 Å². The number of benzene rings is 3. The molecule has 0 aliphatic heterocycles. The van der Waals surface area contributed by atoms with Gasteiger partial charge in [0.1, 0.15) is 22.8 Å². The molecule has 2 atom stereocenters. The molecule has 3 aromatic carbocycles. The summed E-state index contributed by atoms with van der Waals surface area (Å²) in [5.41, 5.74) is 3.60. The smallest absolute Gasteiger partial charge is 0.206 e. The van der Waals surface area contributed by atoms with Gasteiger partial charge >= 0.3 is 0 Å². The van der Waals surface area contributed by atoms with Crippen molar-refractivity contribution in [2.75, 3.05) is 0 Å². The van der Waals surface area contributed by atoms with Crippen LogP contribution in [0.25, 0.3) is 0 Å². The molecule has 2 aliphatic carbocycles. The molecule has 43 heavy (non-hydrogen) atoms. The van der Waals surface area contributed by atoms with Crippen LogP contribution in [0.15, 0.2) is 100 Å². The van der Waals surface area contributed by atoms with Gasteiger partial charge in [0.25, 0.3) is 0 Å². The first kappa shape index (κ1) is 31.1. The molecule has 5 rings (SSSR count). The predicted molar refractivity (Wildman–Crippen MR) is 176 cm³/mol. The normalized spacial score (nSPS) is 20.4. The van der Waals surface area contributed by atoms with Crippen LogP contribution in [0.1, 0.15) is 91.7 Å². The Labute approximate surface area is 258 Å². The summed E-state index contributed by atoms with van der Waals surface area (Å²) in [7, 11) is -3.56. The van der Waals surface area contributed by atoms with Gasteiger partial charge in [-0.05, 0) is 116 Å². The Balaban J connectivity index is 1.23. The van der Waals surface area contributed by atoms with E-state index in [1.807, 2.05) is 24.3 Å². The van der Waals surface area contributed by atoms with Gasteiger partial charge in [0.2, 0.25) is 9.84 Å². The molecule has 5 heteroatoms. The lowest BCUT2D eigenvalue weighted by molar-refractivity contribution is 0.0802. The van der Waals surface area contributed by atoms with Gasteiger partial charge in [-0.2, -0.15) is 0 Å². The first-order chi connectivity index (χ1) is 20.3. The number of fused-ring (bicyclic) bond motifs is 1. The van der Waals surface area contributed by atoms with E-state index in [4.69, 9.17) is 9.47 Å². The van der Waals surface area contributed by atoms with Gasteiger partial charge in [-0.3, -0.25) is 0 Å². The molecule has 0 aromatic heterocycles.